The number of pyridine rings is 2. The highest BCUT2D eigenvalue weighted by Gasteiger charge is 2.27. The van der Waals surface area contributed by atoms with Gasteiger partial charge in [-0.2, -0.15) is 0 Å². The van der Waals surface area contributed by atoms with Crippen LogP contribution in [-0.4, -0.2) is 64.9 Å². The van der Waals surface area contributed by atoms with Gasteiger partial charge < -0.3 is 14.5 Å². The SMILES string of the molecule is COc1ccc(C(=O)N2CCC[C@H](c3ccc(C(=O)N4CCCCC4)cn3)C2)cn1. The van der Waals surface area contributed by atoms with Gasteiger partial charge in [-0.3, -0.25) is 14.6 Å². The number of rotatable bonds is 4. The van der Waals surface area contributed by atoms with Crippen molar-refractivity contribution in [2.45, 2.75) is 38.0 Å². The van der Waals surface area contributed by atoms with E-state index < -0.39 is 0 Å². The van der Waals surface area contributed by atoms with Crippen molar-refractivity contribution in [2.24, 2.45) is 0 Å². The number of aromatic nitrogens is 2. The lowest BCUT2D eigenvalue weighted by Gasteiger charge is -2.32. The molecule has 30 heavy (non-hydrogen) atoms. The van der Waals surface area contributed by atoms with E-state index in [-0.39, 0.29) is 17.7 Å². The third-order valence-corrected chi connectivity index (χ3v) is 6.00. The Kier molecular flexibility index (Phi) is 6.26. The minimum atomic E-state index is -0.0215. The smallest absolute Gasteiger partial charge is 0.255 e. The Labute approximate surface area is 177 Å². The van der Waals surface area contributed by atoms with Crippen molar-refractivity contribution >= 4 is 11.8 Å². The van der Waals surface area contributed by atoms with Gasteiger partial charge in [-0.1, -0.05) is 0 Å². The Morgan fingerprint density at radius 2 is 1.53 bits per heavy atom. The molecule has 0 saturated carbocycles. The van der Waals surface area contributed by atoms with E-state index >= 15 is 0 Å². The van der Waals surface area contributed by atoms with E-state index in [1.165, 1.54) is 6.42 Å². The highest BCUT2D eigenvalue weighted by molar-refractivity contribution is 5.94. The van der Waals surface area contributed by atoms with Crippen molar-refractivity contribution in [2.75, 3.05) is 33.3 Å². The van der Waals surface area contributed by atoms with Gasteiger partial charge in [-0.25, -0.2) is 4.98 Å². The summed E-state index contributed by atoms with van der Waals surface area (Å²) in [6, 6.07) is 7.28. The first-order chi connectivity index (χ1) is 14.7. The maximum Gasteiger partial charge on any atom is 0.255 e. The van der Waals surface area contributed by atoms with Gasteiger partial charge in [0.15, 0.2) is 0 Å². The summed E-state index contributed by atoms with van der Waals surface area (Å²) in [6.45, 7) is 3.02. The van der Waals surface area contributed by atoms with Gasteiger partial charge in [0.1, 0.15) is 0 Å². The highest BCUT2D eigenvalue weighted by Crippen LogP contribution is 2.27. The number of methoxy groups -OCH3 is 1. The van der Waals surface area contributed by atoms with Gasteiger partial charge in [0.2, 0.25) is 5.88 Å². The lowest BCUT2D eigenvalue weighted by molar-refractivity contribution is 0.0704. The highest BCUT2D eigenvalue weighted by atomic mass is 16.5. The van der Waals surface area contributed by atoms with Gasteiger partial charge in [-0.05, 0) is 50.3 Å². The van der Waals surface area contributed by atoms with E-state index in [1.54, 1.807) is 31.6 Å². The van der Waals surface area contributed by atoms with Crippen molar-refractivity contribution in [3.05, 3.63) is 53.5 Å². The molecule has 4 rings (SSSR count). The monoisotopic (exact) mass is 408 g/mol. The first kappa shape index (κ1) is 20.3. The molecule has 2 aromatic heterocycles. The maximum atomic E-state index is 12.9. The summed E-state index contributed by atoms with van der Waals surface area (Å²) in [5.41, 5.74) is 2.15. The molecular formula is C23H28N4O3. The second-order valence-electron chi connectivity index (χ2n) is 8.00. The van der Waals surface area contributed by atoms with E-state index in [1.807, 2.05) is 21.9 Å². The van der Waals surface area contributed by atoms with Crippen LogP contribution >= 0.6 is 0 Å². The molecule has 2 amide bonds. The molecule has 2 saturated heterocycles. The van der Waals surface area contributed by atoms with Crippen molar-refractivity contribution in [1.82, 2.24) is 19.8 Å². The fraction of sp³-hybridized carbons (Fsp3) is 0.478. The van der Waals surface area contributed by atoms with Crippen LogP contribution in [0.15, 0.2) is 36.7 Å². The third kappa shape index (κ3) is 4.45. The Morgan fingerprint density at radius 1 is 0.867 bits per heavy atom. The summed E-state index contributed by atoms with van der Waals surface area (Å²) < 4.78 is 5.06. The van der Waals surface area contributed by atoms with Crippen LogP contribution < -0.4 is 4.74 Å². The van der Waals surface area contributed by atoms with Crippen LogP contribution in [0.4, 0.5) is 0 Å². The van der Waals surface area contributed by atoms with Crippen LogP contribution in [0.5, 0.6) is 5.88 Å². The number of nitrogens with zero attached hydrogens (tertiary/aromatic N) is 4. The summed E-state index contributed by atoms with van der Waals surface area (Å²) in [5, 5.41) is 0. The van der Waals surface area contributed by atoms with Gasteiger partial charge in [0.05, 0.1) is 18.2 Å². The third-order valence-electron chi connectivity index (χ3n) is 6.00. The molecule has 0 unspecified atom stereocenters. The molecule has 0 spiro atoms. The Morgan fingerprint density at radius 3 is 2.17 bits per heavy atom. The standard InChI is InChI=1S/C23H28N4O3/c1-30-21-10-8-18(15-25-21)23(29)27-13-5-6-19(16-27)20-9-7-17(14-24-20)22(28)26-11-3-2-4-12-26/h7-10,14-15,19H,2-6,11-13,16H2,1H3/t19-/m0/s1. The number of carbonyl (C=O) groups is 2. The number of piperidine rings is 2. The van der Waals surface area contributed by atoms with Crippen molar-refractivity contribution in [3.63, 3.8) is 0 Å². The number of hydrogen-bond donors (Lipinski definition) is 0. The number of carbonyl (C=O) groups excluding carboxylic acids is 2. The molecular weight excluding hydrogens is 380 g/mol. The molecule has 0 bridgehead atoms. The van der Waals surface area contributed by atoms with Gasteiger partial charge >= 0.3 is 0 Å². The molecule has 0 aliphatic carbocycles. The Hall–Kier alpha value is -2.96. The molecule has 0 aromatic carbocycles. The molecule has 7 nitrogen and oxygen atoms in total. The molecule has 1 atom stereocenters. The largest absolute Gasteiger partial charge is 0.481 e. The van der Waals surface area contributed by atoms with Gasteiger partial charge in [-0.15, -0.1) is 0 Å². The minimum absolute atomic E-state index is 0.0215. The van der Waals surface area contributed by atoms with Crippen molar-refractivity contribution < 1.29 is 14.3 Å². The second-order valence-corrected chi connectivity index (χ2v) is 8.00. The van der Waals surface area contributed by atoms with Crippen LogP contribution in [0.2, 0.25) is 0 Å². The van der Waals surface area contributed by atoms with Crippen molar-refractivity contribution in [3.8, 4) is 5.88 Å². The molecule has 158 valence electrons. The molecule has 0 radical (unpaired) electrons. The quantitative estimate of drug-likeness (QED) is 0.777. The number of likely N-dealkylation sites (tertiary alicyclic amines) is 2. The van der Waals surface area contributed by atoms with E-state index in [9.17, 15) is 9.59 Å². The van der Waals surface area contributed by atoms with Crippen molar-refractivity contribution in [1.29, 1.82) is 0 Å². The zero-order valence-electron chi connectivity index (χ0n) is 17.4. The lowest BCUT2D eigenvalue weighted by atomic mass is 9.93. The zero-order valence-corrected chi connectivity index (χ0v) is 17.4. The van der Waals surface area contributed by atoms with Gasteiger partial charge in [0.25, 0.3) is 11.8 Å². The second kappa shape index (κ2) is 9.24. The summed E-state index contributed by atoms with van der Waals surface area (Å²) in [6.07, 6.45) is 8.52. The van der Waals surface area contributed by atoms with Crippen LogP contribution in [0.1, 0.15) is 64.4 Å². The maximum absolute atomic E-state index is 12.9. The summed E-state index contributed by atoms with van der Waals surface area (Å²) in [4.78, 5) is 38.0. The molecule has 2 aliphatic heterocycles. The summed E-state index contributed by atoms with van der Waals surface area (Å²) in [5.74, 6) is 0.715. The topological polar surface area (TPSA) is 75.6 Å². The van der Waals surface area contributed by atoms with E-state index in [0.717, 1.165) is 51.0 Å². The average molecular weight is 409 g/mol. The van der Waals surface area contributed by atoms with Crippen LogP contribution in [0, 0.1) is 0 Å². The van der Waals surface area contributed by atoms with Crippen LogP contribution in [0.3, 0.4) is 0 Å². The van der Waals surface area contributed by atoms with Crippen LogP contribution in [-0.2, 0) is 0 Å². The first-order valence-corrected chi connectivity index (χ1v) is 10.7. The number of hydrogen-bond acceptors (Lipinski definition) is 5. The average Bonchev–Trinajstić information content (AvgIpc) is 2.84. The molecule has 4 heterocycles. The fourth-order valence-corrected chi connectivity index (χ4v) is 4.27. The summed E-state index contributed by atoms with van der Waals surface area (Å²) in [7, 11) is 1.55. The molecule has 2 aromatic rings. The number of amides is 2. The molecule has 2 aliphatic rings. The molecule has 0 N–H and O–H groups in total. The summed E-state index contributed by atoms with van der Waals surface area (Å²) >= 11 is 0. The lowest BCUT2D eigenvalue weighted by Crippen LogP contribution is -2.39. The minimum Gasteiger partial charge on any atom is -0.481 e. The van der Waals surface area contributed by atoms with E-state index in [0.29, 0.717) is 23.6 Å². The van der Waals surface area contributed by atoms with E-state index in [4.69, 9.17) is 4.74 Å². The van der Waals surface area contributed by atoms with Crippen LogP contribution in [0.25, 0.3) is 0 Å². The zero-order chi connectivity index (χ0) is 20.9. The fourth-order valence-electron chi connectivity index (χ4n) is 4.27. The van der Waals surface area contributed by atoms with E-state index in [2.05, 4.69) is 9.97 Å². The molecule has 2 fully saturated rings. The normalized spacial score (nSPS) is 19.4. The first-order valence-electron chi connectivity index (χ1n) is 10.7. The predicted molar refractivity (Wildman–Crippen MR) is 113 cm³/mol. The van der Waals surface area contributed by atoms with Gasteiger partial charge in [0, 0.05) is 56.3 Å². The Bertz CT molecular complexity index is 876. The molecule has 7 heteroatoms. The predicted octanol–water partition coefficient (Wildman–Crippen LogP) is 3.13. The number of ether oxygens (including phenoxy) is 1. The Balaban J connectivity index is 1.41.